The smallest absolute Gasteiger partial charge is 0.276 e. The lowest BCUT2D eigenvalue weighted by atomic mass is 10.1. The first-order valence-electron chi connectivity index (χ1n) is 9.34. The summed E-state index contributed by atoms with van der Waals surface area (Å²) in [5.74, 6) is -0.214. The molecule has 2 aromatic carbocycles. The highest BCUT2D eigenvalue weighted by Gasteiger charge is 2.34. The van der Waals surface area contributed by atoms with E-state index < -0.39 is 6.17 Å². The zero-order valence-electron chi connectivity index (χ0n) is 15.7. The molecule has 1 atom stereocenters. The van der Waals surface area contributed by atoms with E-state index in [1.54, 1.807) is 29.4 Å². The normalized spacial score (nSPS) is 17.4. The molecule has 0 unspecified atom stereocenters. The molecule has 1 aromatic heterocycles. The van der Waals surface area contributed by atoms with Gasteiger partial charge in [-0.05, 0) is 29.8 Å². The van der Waals surface area contributed by atoms with Gasteiger partial charge in [0.2, 0.25) is 0 Å². The number of hydrogen-bond acceptors (Lipinski definition) is 6. The molecule has 1 N–H and O–H groups in total. The number of carbonyl (C=O) groups excluding carboxylic acids is 1. The summed E-state index contributed by atoms with van der Waals surface area (Å²) >= 11 is 1.26. The molecular formula is C22H16FN5OS. The Morgan fingerprint density at radius 1 is 1.03 bits per heavy atom. The fraction of sp³-hybridized carbons (Fsp3) is 0.0909. The molecular weight excluding hydrogens is 401 g/mol. The van der Waals surface area contributed by atoms with Crippen LogP contribution in [0.4, 0.5) is 4.39 Å². The molecule has 0 saturated carbocycles. The van der Waals surface area contributed by atoms with Gasteiger partial charge >= 0.3 is 0 Å². The van der Waals surface area contributed by atoms with Crippen LogP contribution >= 0.6 is 11.8 Å². The Morgan fingerprint density at radius 3 is 2.67 bits per heavy atom. The van der Waals surface area contributed by atoms with Crippen LogP contribution in [0.2, 0.25) is 0 Å². The number of rotatable bonds is 3. The zero-order valence-corrected chi connectivity index (χ0v) is 16.5. The molecule has 2 aliphatic rings. The van der Waals surface area contributed by atoms with E-state index in [9.17, 15) is 9.18 Å². The third kappa shape index (κ3) is 3.35. The number of halogens is 1. The van der Waals surface area contributed by atoms with E-state index in [1.165, 1.54) is 17.8 Å². The van der Waals surface area contributed by atoms with Crippen LogP contribution in [-0.2, 0) is 10.5 Å². The number of carbonyl (C=O) groups is 1. The monoisotopic (exact) mass is 417 g/mol. The summed E-state index contributed by atoms with van der Waals surface area (Å²) in [5, 5.41) is 10.9. The van der Waals surface area contributed by atoms with E-state index >= 15 is 0 Å². The van der Waals surface area contributed by atoms with E-state index in [2.05, 4.69) is 15.4 Å². The second kappa shape index (κ2) is 7.72. The van der Waals surface area contributed by atoms with Crippen LogP contribution in [0.5, 0.6) is 0 Å². The highest BCUT2D eigenvalue weighted by molar-refractivity contribution is 8.13. The second-order valence-electron chi connectivity index (χ2n) is 6.71. The van der Waals surface area contributed by atoms with Crippen molar-refractivity contribution in [2.45, 2.75) is 11.9 Å². The Balaban J connectivity index is 1.56. The lowest BCUT2D eigenvalue weighted by molar-refractivity contribution is -0.116. The maximum absolute atomic E-state index is 14.0. The van der Waals surface area contributed by atoms with Crippen molar-refractivity contribution in [3.05, 3.63) is 101 Å². The predicted octanol–water partition coefficient (Wildman–Crippen LogP) is 2.30. The minimum Gasteiger partial charge on any atom is -0.298 e. The maximum Gasteiger partial charge on any atom is 0.276 e. The SMILES string of the molecule is O=C1NC(SCc2ccccc2F)=NN2C1=c1ccccc1=N[C@H]2c1ccccn1. The van der Waals surface area contributed by atoms with Gasteiger partial charge in [0, 0.05) is 17.2 Å². The van der Waals surface area contributed by atoms with Gasteiger partial charge in [0.25, 0.3) is 5.91 Å². The number of fused-ring (bicyclic) bond motifs is 2. The fourth-order valence-corrected chi connectivity index (χ4v) is 4.21. The van der Waals surface area contributed by atoms with E-state index in [1.807, 2.05) is 42.5 Å². The summed E-state index contributed by atoms with van der Waals surface area (Å²) in [7, 11) is 0. The standard InChI is InChI=1S/C22H16FN5OS/c23-16-9-3-1-7-14(16)13-30-22-26-21(29)19-15-8-2-4-10-17(15)25-20(28(19)27-22)18-11-5-6-12-24-18/h1-12,20H,13H2,(H,26,27,29)/t20-/m1/s1. The average Bonchev–Trinajstić information content (AvgIpc) is 2.78. The molecule has 148 valence electrons. The Bertz CT molecular complexity index is 1280. The predicted molar refractivity (Wildman–Crippen MR) is 113 cm³/mol. The van der Waals surface area contributed by atoms with Crippen LogP contribution in [0.15, 0.2) is 83.0 Å². The van der Waals surface area contributed by atoms with Gasteiger partial charge in [-0.15, -0.1) is 5.10 Å². The number of aromatic nitrogens is 1. The highest BCUT2D eigenvalue weighted by Crippen LogP contribution is 2.30. The highest BCUT2D eigenvalue weighted by atomic mass is 32.2. The topological polar surface area (TPSA) is 70.0 Å². The number of nitrogens with zero attached hydrogens (tertiary/aromatic N) is 4. The molecule has 0 spiro atoms. The number of thioether (sulfide) groups is 1. The number of hydrogen-bond donors (Lipinski definition) is 1. The van der Waals surface area contributed by atoms with Gasteiger partial charge in [-0.25, -0.2) is 9.40 Å². The summed E-state index contributed by atoms with van der Waals surface area (Å²) in [6.45, 7) is 0. The average molecular weight is 417 g/mol. The molecule has 0 radical (unpaired) electrons. The summed E-state index contributed by atoms with van der Waals surface area (Å²) < 4.78 is 14.0. The number of amidine groups is 1. The van der Waals surface area contributed by atoms with Crippen molar-refractivity contribution in [1.29, 1.82) is 0 Å². The summed E-state index contributed by atoms with van der Waals surface area (Å²) in [6, 6.07) is 19.6. The first-order valence-corrected chi connectivity index (χ1v) is 10.3. The molecule has 30 heavy (non-hydrogen) atoms. The minimum absolute atomic E-state index is 0.274. The molecule has 0 aliphatic carbocycles. The Labute approximate surface area is 175 Å². The molecule has 0 fully saturated rings. The van der Waals surface area contributed by atoms with Crippen molar-refractivity contribution in [2.75, 3.05) is 0 Å². The second-order valence-corrected chi connectivity index (χ2v) is 7.67. The van der Waals surface area contributed by atoms with Gasteiger partial charge in [0.05, 0.1) is 11.1 Å². The fourth-order valence-electron chi connectivity index (χ4n) is 3.38. The van der Waals surface area contributed by atoms with Gasteiger partial charge in [0.1, 0.15) is 11.5 Å². The third-order valence-corrected chi connectivity index (χ3v) is 5.70. The zero-order chi connectivity index (χ0) is 20.5. The van der Waals surface area contributed by atoms with Gasteiger partial charge in [-0.1, -0.05) is 54.2 Å². The molecule has 6 nitrogen and oxygen atoms in total. The lowest BCUT2D eigenvalue weighted by Gasteiger charge is -2.33. The number of hydrazone groups is 1. The number of nitrogens with one attached hydrogen (secondary N) is 1. The van der Waals surface area contributed by atoms with Crippen LogP contribution in [-0.4, -0.2) is 21.1 Å². The van der Waals surface area contributed by atoms with E-state index in [0.717, 1.165) is 0 Å². The molecule has 8 heteroatoms. The molecule has 3 heterocycles. The van der Waals surface area contributed by atoms with E-state index in [-0.39, 0.29) is 11.7 Å². The number of benzene rings is 2. The molecule has 2 aliphatic heterocycles. The maximum atomic E-state index is 14.0. The first kappa shape index (κ1) is 18.5. The van der Waals surface area contributed by atoms with Gasteiger partial charge in [0.15, 0.2) is 11.3 Å². The van der Waals surface area contributed by atoms with Crippen LogP contribution in [0, 0.1) is 5.82 Å². The van der Waals surface area contributed by atoms with Crippen molar-refractivity contribution in [2.24, 2.45) is 10.1 Å². The summed E-state index contributed by atoms with van der Waals surface area (Å²) in [6.07, 6.45) is 1.12. The summed E-state index contributed by atoms with van der Waals surface area (Å²) in [4.78, 5) is 22.2. The molecule has 0 bridgehead atoms. The Kier molecular flexibility index (Phi) is 4.76. The lowest BCUT2D eigenvalue weighted by Crippen LogP contribution is -2.50. The van der Waals surface area contributed by atoms with Gasteiger partial charge < -0.3 is 0 Å². The van der Waals surface area contributed by atoms with Crippen molar-refractivity contribution in [3.8, 4) is 0 Å². The minimum atomic E-state index is -0.564. The van der Waals surface area contributed by atoms with E-state index in [4.69, 9.17) is 4.99 Å². The number of amides is 1. The van der Waals surface area contributed by atoms with Gasteiger partial charge in [-0.3, -0.25) is 20.1 Å². The molecule has 0 saturated heterocycles. The Hall–Kier alpha value is -3.52. The van der Waals surface area contributed by atoms with Crippen LogP contribution in [0.1, 0.15) is 17.4 Å². The Morgan fingerprint density at radius 2 is 1.83 bits per heavy atom. The van der Waals surface area contributed by atoms with Crippen molar-refractivity contribution < 1.29 is 9.18 Å². The van der Waals surface area contributed by atoms with Crippen molar-refractivity contribution in [1.82, 2.24) is 15.3 Å². The molecule has 1 amide bonds. The number of pyridine rings is 1. The number of para-hydroxylation sites is 1. The first-order chi connectivity index (χ1) is 14.7. The van der Waals surface area contributed by atoms with Crippen LogP contribution in [0.25, 0.3) is 5.70 Å². The van der Waals surface area contributed by atoms with Crippen LogP contribution in [0.3, 0.4) is 0 Å². The quantitative estimate of drug-likeness (QED) is 0.710. The largest absolute Gasteiger partial charge is 0.298 e. The van der Waals surface area contributed by atoms with Crippen LogP contribution < -0.4 is 15.9 Å². The third-order valence-electron chi connectivity index (χ3n) is 4.79. The molecule has 3 aromatic rings. The van der Waals surface area contributed by atoms with Crippen molar-refractivity contribution >= 4 is 28.5 Å². The van der Waals surface area contributed by atoms with Crippen molar-refractivity contribution in [3.63, 3.8) is 0 Å². The summed E-state index contributed by atoms with van der Waals surface area (Å²) in [5.41, 5.74) is 1.65. The molecule has 5 rings (SSSR count). The van der Waals surface area contributed by atoms with E-state index in [0.29, 0.717) is 38.5 Å². The van der Waals surface area contributed by atoms with Gasteiger partial charge in [-0.2, -0.15) is 0 Å².